The molecule has 2 aliphatic rings. The molecule has 7 nitrogen and oxygen atoms in total. The molecule has 0 saturated carbocycles. The number of ether oxygens (including phenoxy) is 3. The normalized spacial score (nSPS) is 14.5. The van der Waals surface area contributed by atoms with Gasteiger partial charge < -0.3 is 14.2 Å². The highest BCUT2D eigenvalue weighted by atomic mass is 16.7. The summed E-state index contributed by atoms with van der Waals surface area (Å²) in [4.78, 5) is 37.3. The van der Waals surface area contributed by atoms with Crippen molar-refractivity contribution in [2.45, 2.75) is 12.8 Å². The van der Waals surface area contributed by atoms with E-state index in [1.807, 2.05) is 12.1 Å². The Morgan fingerprint density at radius 2 is 1.69 bits per heavy atom. The summed E-state index contributed by atoms with van der Waals surface area (Å²) in [6, 6.07) is 12.0. The van der Waals surface area contributed by atoms with E-state index >= 15 is 0 Å². The molecular formula is C19H15NO6. The lowest BCUT2D eigenvalue weighted by atomic mass is 10.1. The van der Waals surface area contributed by atoms with E-state index in [0.717, 1.165) is 10.5 Å². The quantitative estimate of drug-likeness (QED) is 0.605. The molecule has 4 rings (SSSR count). The first kappa shape index (κ1) is 16.1. The molecule has 0 radical (unpaired) electrons. The minimum absolute atomic E-state index is 0.128. The molecule has 2 amide bonds. The summed E-state index contributed by atoms with van der Waals surface area (Å²) in [6.45, 7) is -0.187. The van der Waals surface area contributed by atoms with Crippen molar-refractivity contribution in [3.63, 3.8) is 0 Å². The van der Waals surface area contributed by atoms with Crippen LogP contribution in [0.4, 0.5) is 0 Å². The standard InChI is InChI=1S/C19H15NO6/c21-17(8-6-12-5-7-15-16(9-12)26-11-25-15)24-10-20-18(22)13-3-1-2-4-14(13)19(20)23/h1-5,7,9H,6,8,10-11H2. The summed E-state index contributed by atoms with van der Waals surface area (Å²) in [7, 11) is 0. The average Bonchev–Trinajstić information content (AvgIpc) is 3.22. The van der Waals surface area contributed by atoms with Gasteiger partial charge >= 0.3 is 5.97 Å². The number of amides is 2. The van der Waals surface area contributed by atoms with Crippen molar-refractivity contribution in [3.05, 3.63) is 59.2 Å². The highest BCUT2D eigenvalue weighted by Gasteiger charge is 2.35. The zero-order valence-corrected chi connectivity index (χ0v) is 13.8. The summed E-state index contributed by atoms with van der Waals surface area (Å²) in [5, 5.41) is 0. The number of fused-ring (bicyclic) bond motifs is 2. The van der Waals surface area contributed by atoms with Crippen molar-refractivity contribution in [1.82, 2.24) is 4.90 Å². The summed E-state index contributed by atoms with van der Waals surface area (Å²) >= 11 is 0. The number of rotatable bonds is 5. The third kappa shape index (κ3) is 2.88. The fraction of sp³-hybridized carbons (Fsp3) is 0.211. The number of carbonyl (C=O) groups is 3. The van der Waals surface area contributed by atoms with Gasteiger partial charge in [-0.1, -0.05) is 18.2 Å². The molecule has 7 heteroatoms. The van der Waals surface area contributed by atoms with Crippen LogP contribution in [-0.4, -0.2) is 36.2 Å². The van der Waals surface area contributed by atoms with Gasteiger partial charge in [-0.05, 0) is 36.2 Å². The maximum absolute atomic E-state index is 12.2. The number of hydrogen-bond donors (Lipinski definition) is 0. The van der Waals surface area contributed by atoms with Crippen LogP contribution in [0.25, 0.3) is 0 Å². The van der Waals surface area contributed by atoms with Gasteiger partial charge in [0.1, 0.15) is 0 Å². The number of hydrogen-bond acceptors (Lipinski definition) is 6. The van der Waals surface area contributed by atoms with Crippen LogP contribution in [0.1, 0.15) is 32.7 Å². The van der Waals surface area contributed by atoms with Crippen LogP contribution < -0.4 is 9.47 Å². The zero-order valence-electron chi connectivity index (χ0n) is 13.8. The number of aryl methyl sites for hydroxylation is 1. The molecule has 0 spiro atoms. The van der Waals surface area contributed by atoms with Gasteiger partial charge in [0.05, 0.1) is 11.1 Å². The molecule has 2 aromatic carbocycles. The molecule has 2 aromatic rings. The molecule has 0 aliphatic carbocycles. The van der Waals surface area contributed by atoms with Crippen molar-refractivity contribution >= 4 is 17.8 Å². The van der Waals surface area contributed by atoms with E-state index in [9.17, 15) is 14.4 Å². The highest BCUT2D eigenvalue weighted by Crippen LogP contribution is 2.32. The predicted octanol–water partition coefficient (Wildman–Crippen LogP) is 2.14. The Balaban J connectivity index is 1.31. The number of esters is 1. The Hall–Kier alpha value is -3.35. The van der Waals surface area contributed by atoms with Crippen molar-refractivity contribution in [3.8, 4) is 11.5 Å². The summed E-state index contributed by atoms with van der Waals surface area (Å²) < 4.78 is 15.6. The van der Waals surface area contributed by atoms with E-state index in [1.165, 1.54) is 0 Å². The summed E-state index contributed by atoms with van der Waals surface area (Å²) in [5.74, 6) is -0.0496. The number of benzene rings is 2. The highest BCUT2D eigenvalue weighted by molar-refractivity contribution is 6.21. The Morgan fingerprint density at radius 1 is 1.00 bits per heavy atom. The van der Waals surface area contributed by atoms with E-state index in [1.54, 1.807) is 30.3 Å². The first-order chi connectivity index (χ1) is 12.6. The second kappa shape index (κ2) is 6.51. The molecular weight excluding hydrogens is 338 g/mol. The largest absolute Gasteiger partial charge is 0.454 e. The second-order valence-corrected chi connectivity index (χ2v) is 5.92. The van der Waals surface area contributed by atoms with E-state index in [4.69, 9.17) is 14.2 Å². The van der Waals surface area contributed by atoms with Crippen molar-refractivity contribution in [2.24, 2.45) is 0 Å². The van der Waals surface area contributed by atoms with Gasteiger partial charge in [0.25, 0.3) is 11.8 Å². The number of carbonyl (C=O) groups excluding carboxylic acids is 3. The van der Waals surface area contributed by atoms with Gasteiger partial charge in [-0.3, -0.25) is 14.4 Å². The maximum atomic E-state index is 12.2. The molecule has 2 heterocycles. The SMILES string of the molecule is O=C(CCc1ccc2c(c1)OCO2)OCN1C(=O)c2ccccc2C1=O. The fourth-order valence-electron chi connectivity index (χ4n) is 2.91. The molecule has 2 aliphatic heterocycles. The lowest BCUT2D eigenvalue weighted by Gasteiger charge is -2.13. The molecule has 0 N–H and O–H groups in total. The minimum Gasteiger partial charge on any atom is -0.454 e. The molecule has 132 valence electrons. The van der Waals surface area contributed by atoms with Gasteiger partial charge in [0.2, 0.25) is 6.79 Å². The third-order valence-electron chi connectivity index (χ3n) is 4.29. The molecule has 0 fully saturated rings. The number of imide groups is 1. The minimum atomic E-state index is -0.487. The first-order valence-electron chi connectivity index (χ1n) is 8.13. The van der Waals surface area contributed by atoms with Gasteiger partial charge in [-0.15, -0.1) is 0 Å². The molecule has 0 unspecified atom stereocenters. The van der Waals surface area contributed by atoms with Crippen LogP contribution in [-0.2, 0) is 16.0 Å². The average molecular weight is 353 g/mol. The van der Waals surface area contributed by atoms with Crippen LogP contribution in [0, 0.1) is 0 Å². The topological polar surface area (TPSA) is 82.1 Å². The van der Waals surface area contributed by atoms with Crippen molar-refractivity contribution in [2.75, 3.05) is 13.5 Å². The maximum Gasteiger partial charge on any atom is 0.307 e. The van der Waals surface area contributed by atoms with Gasteiger partial charge in [0, 0.05) is 6.42 Å². The van der Waals surface area contributed by atoms with Crippen LogP contribution >= 0.6 is 0 Å². The Morgan fingerprint density at radius 3 is 2.42 bits per heavy atom. The molecule has 0 saturated heterocycles. The molecule has 0 bridgehead atoms. The monoisotopic (exact) mass is 353 g/mol. The third-order valence-corrected chi connectivity index (χ3v) is 4.29. The van der Waals surface area contributed by atoms with Crippen LogP contribution in [0.15, 0.2) is 42.5 Å². The van der Waals surface area contributed by atoms with Crippen LogP contribution in [0.2, 0.25) is 0 Å². The molecule has 0 atom stereocenters. The lowest BCUT2D eigenvalue weighted by Crippen LogP contribution is -2.33. The van der Waals surface area contributed by atoms with Gasteiger partial charge in [-0.25, -0.2) is 4.90 Å². The van der Waals surface area contributed by atoms with E-state index in [2.05, 4.69) is 0 Å². The van der Waals surface area contributed by atoms with E-state index in [-0.39, 0.29) is 19.9 Å². The van der Waals surface area contributed by atoms with E-state index in [0.29, 0.717) is 29.0 Å². The van der Waals surface area contributed by atoms with Crippen LogP contribution in [0.5, 0.6) is 11.5 Å². The smallest absolute Gasteiger partial charge is 0.307 e. The molecule has 0 aromatic heterocycles. The predicted molar refractivity (Wildman–Crippen MR) is 88.8 cm³/mol. The van der Waals surface area contributed by atoms with Gasteiger partial charge in [-0.2, -0.15) is 0 Å². The van der Waals surface area contributed by atoms with Crippen LogP contribution in [0.3, 0.4) is 0 Å². The molecule has 26 heavy (non-hydrogen) atoms. The second-order valence-electron chi connectivity index (χ2n) is 5.92. The fourth-order valence-corrected chi connectivity index (χ4v) is 2.91. The van der Waals surface area contributed by atoms with Gasteiger partial charge in [0.15, 0.2) is 18.2 Å². The first-order valence-corrected chi connectivity index (χ1v) is 8.13. The van der Waals surface area contributed by atoms with E-state index < -0.39 is 17.8 Å². The van der Waals surface area contributed by atoms with Crippen molar-refractivity contribution in [1.29, 1.82) is 0 Å². The summed E-state index contributed by atoms with van der Waals surface area (Å²) in [5.41, 5.74) is 1.56. The Kier molecular flexibility index (Phi) is 4.04. The van der Waals surface area contributed by atoms with Crippen molar-refractivity contribution < 1.29 is 28.6 Å². The Labute approximate surface area is 149 Å². The zero-order chi connectivity index (χ0) is 18.1. The Bertz CT molecular complexity index is 872. The summed E-state index contributed by atoms with van der Waals surface area (Å²) in [6.07, 6.45) is 0.584. The number of nitrogens with zero attached hydrogens (tertiary/aromatic N) is 1. The lowest BCUT2D eigenvalue weighted by molar-refractivity contribution is -0.146.